The SMILES string of the molecule is CCc1cc(C(=O)N2CCC[C@H](c3ccc(C(=O)O)cc3)C2)cc(=O)[nH]1. The number of carboxylic acids is 1. The Morgan fingerprint density at radius 2 is 1.92 bits per heavy atom. The maximum absolute atomic E-state index is 12.8. The number of nitrogens with zero attached hydrogens (tertiary/aromatic N) is 1. The Balaban J connectivity index is 1.77. The minimum Gasteiger partial charge on any atom is -0.478 e. The molecule has 0 aliphatic carbocycles. The molecule has 2 heterocycles. The largest absolute Gasteiger partial charge is 0.478 e. The molecule has 1 aliphatic heterocycles. The van der Waals surface area contributed by atoms with E-state index in [4.69, 9.17) is 5.11 Å². The fourth-order valence-corrected chi connectivity index (χ4v) is 3.43. The highest BCUT2D eigenvalue weighted by Gasteiger charge is 2.26. The molecule has 2 aromatic rings. The van der Waals surface area contributed by atoms with Crippen LogP contribution in [0.25, 0.3) is 0 Å². The Bertz CT molecular complexity index is 870. The van der Waals surface area contributed by atoms with E-state index in [0.717, 1.165) is 24.1 Å². The van der Waals surface area contributed by atoms with Gasteiger partial charge in [0.25, 0.3) is 5.91 Å². The summed E-state index contributed by atoms with van der Waals surface area (Å²) in [5, 5.41) is 9.01. The summed E-state index contributed by atoms with van der Waals surface area (Å²) < 4.78 is 0. The molecule has 1 amide bonds. The summed E-state index contributed by atoms with van der Waals surface area (Å²) in [6.07, 6.45) is 2.49. The third kappa shape index (κ3) is 3.85. The van der Waals surface area contributed by atoms with Crippen LogP contribution in [0.1, 0.15) is 57.7 Å². The average molecular weight is 354 g/mol. The van der Waals surface area contributed by atoms with Crippen LogP contribution in [-0.2, 0) is 6.42 Å². The second-order valence-electron chi connectivity index (χ2n) is 6.63. The zero-order chi connectivity index (χ0) is 18.7. The van der Waals surface area contributed by atoms with Gasteiger partial charge in [-0.15, -0.1) is 0 Å². The lowest BCUT2D eigenvalue weighted by atomic mass is 9.90. The summed E-state index contributed by atoms with van der Waals surface area (Å²) in [6.45, 7) is 3.16. The molecule has 6 nitrogen and oxygen atoms in total. The van der Waals surface area contributed by atoms with Crippen molar-refractivity contribution in [2.75, 3.05) is 13.1 Å². The van der Waals surface area contributed by atoms with Crippen LogP contribution in [0.5, 0.6) is 0 Å². The fraction of sp³-hybridized carbons (Fsp3) is 0.350. The van der Waals surface area contributed by atoms with E-state index in [1.165, 1.54) is 6.07 Å². The van der Waals surface area contributed by atoms with Gasteiger partial charge < -0.3 is 15.0 Å². The highest BCUT2D eigenvalue weighted by atomic mass is 16.4. The smallest absolute Gasteiger partial charge is 0.335 e. The van der Waals surface area contributed by atoms with E-state index in [1.807, 2.05) is 19.1 Å². The number of amides is 1. The molecule has 0 bridgehead atoms. The first-order valence-corrected chi connectivity index (χ1v) is 8.83. The van der Waals surface area contributed by atoms with E-state index in [9.17, 15) is 14.4 Å². The molecular weight excluding hydrogens is 332 g/mol. The second kappa shape index (κ2) is 7.56. The summed E-state index contributed by atoms with van der Waals surface area (Å²) in [4.78, 5) is 40.1. The molecule has 26 heavy (non-hydrogen) atoms. The molecule has 2 N–H and O–H groups in total. The Morgan fingerprint density at radius 3 is 2.58 bits per heavy atom. The van der Waals surface area contributed by atoms with Crippen LogP contribution in [-0.4, -0.2) is 40.0 Å². The van der Waals surface area contributed by atoms with Crippen molar-refractivity contribution in [1.29, 1.82) is 0 Å². The van der Waals surface area contributed by atoms with Gasteiger partial charge >= 0.3 is 5.97 Å². The fourth-order valence-electron chi connectivity index (χ4n) is 3.43. The maximum Gasteiger partial charge on any atom is 0.335 e. The number of rotatable bonds is 4. The number of aromatic carboxylic acids is 1. The van der Waals surface area contributed by atoms with Crippen LogP contribution in [0.15, 0.2) is 41.2 Å². The Hall–Kier alpha value is -2.89. The van der Waals surface area contributed by atoms with Crippen molar-refractivity contribution >= 4 is 11.9 Å². The molecule has 1 aromatic heterocycles. The predicted octanol–water partition coefficient (Wildman–Crippen LogP) is 2.66. The summed E-state index contributed by atoms with van der Waals surface area (Å²) in [5.74, 6) is -0.904. The number of aryl methyl sites for hydroxylation is 1. The number of likely N-dealkylation sites (tertiary alicyclic amines) is 1. The highest BCUT2D eigenvalue weighted by Crippen LogP contribution is 2.28. The van der Waals surface area contributed by atoms with Crippen molar-refractivity contribution in [2.45, 2.75) is 32.1 Å². The minimum absolute atomic E-state index is 0.127. The van der Waals surface area contributed by atoms with E-state index >= 15 is 0 Å². The van der Waals surface area contributed by atoms with Gasteiger partial charge in [-0.25, -0.2) is 4.79 Å². The van der Waals surface area contributed by atoms with Gasteiger partial charge in [0.15, 0.2) is 0 Å². The number of carboxylic acid groups (broad SMARTS) is 1. The van der Waals surface area contributed by atoms with E-state index in [2.05, 4.69) is 4.98 Å². The van der Waals surface area contributed by atoms with Gasteiger partial charge in [-0.3, -0.25) is 9.59 Å². The first-order valence-electron chi connectivity index (χ1n) is 8.83. The molecule has 1 saturated heterocycles. The number of aromatic nitrogens is 1. The van der Waals surface area contributed by atoms with Crippen LogP contribution in [0.3, 0.4) is 0 Å². The number of hydrogen-bond acceptors (Lipinski definition) is 3. The van der Waals surface area contributed by atoms with Crippen molar-refractivity contribution in [3.8, 4) is 0 Å². The molecular formula is C20H22N2O4. The molecule has 136 valence electrons. The quantitative estimate of drug-likeness (QED) is 0.883. The molecule has 1 fully saturated rings. The van der Waals surface area contributed by atoms with Gasteiger partial charge in [0, 0.05) is 36.3 Å². The summed E-state index contributed by atoms with van der Waals surface area (Å²) in [6, 6.07) is 9.95. The van der Waals surface area contributed by atoms with E-state index < -0.39 is 5.97 Å². The van der Waals surface area contributed by atoms with Crippen LogP contribution < -0.4 is 5.56 Å². The van der Waals surface area contributed by atoms with E-state index in [1.54, 1.807) is 23.1 Å². The maximum atomic E-state index is 12.8. The van der Waals surface area contributed by atoms with Gasteiger partial charge in [-0.2, -0.15) is 0 Å². The highest BCUT2D eigenvalue weighted by molar-refractivity contribution is 5.94. The van der Waals surface area contributed by atoms with Crippen LogP contribution in [0.2, 0.25) is 0 Å². The molecule has 0 spiro atoms. The third-order valence-electron chi connectivity index (χ3n) is 4.87. The first-order chi connectivity index (χ1) is 12.5. The standard InChI is InChI=1S/C20H22N2O4/c1-2-17-10-16(11-18(23)21-17)19(24)22-9-3-4-15(12-22)13-5-7-14(8-6-13)20(25)26/h5-8,10-11,15H,2-4,9,12H2,1H3,(H,21,23)(H,25,26)/t15-/m0/s1. The lowest BCUT2D eigenvalue weighted by Gasteiger charge is -2.33. The summed E-state index contributed by atoms with van der Waals surface area (Å²) in [7, 11) is 0. The number of carbonyl (C=O) groups is 2. The Morgan fingerprint density at radius 1 is 1.19 bits per heavy atom. The van der Waals surface area contributed by atoms with Crippen molar-refractivity contribution in [1.82, 2.24) is 9.88 Å². The molecule has 0 saturated carbocycles. The van der Waals surface area contributed by atoms with E-state index in [-0.39, 0.29) is 22.9 Å². The number of pyridine rings is 1. The van der Waals surface area contributed by atoms with Crippen molar-refractivity contribution in [3.05, 3.63) is 69.1 Å². The molecule has 1 aliphatic rings. The number of piperidine rings is 1. The second-order valence-corrected chi connectivity index (χ2v) is 6.63. The normalized spacial score (nSPS) is 17.1. The lowest BCUT2D eigenvalue weighted by molar-refractivity contribution is 0.0693. The number of carbonyl (C=O) groups excluding carboxylic acids is 1. The van der Waals surface area contributed by atoms with Gasteiger partial charge in [0.1, 0.15) is 0 Å². The number of aromatic amines is 1. The van der Waals surface area contributed by atoms with Crippen molar-refractivity contribution in [2.24, 2.45) is 0 Å². The van der Waals surface area contributed by atoms with Crippen LogP contribution in [0.4, 0.5) is 0 Å². The number of benzene rings is 1. The molecule has 0 radical (unpaired) electrons. The monoisotopic (exact) mass is 354 g/mol. The average Bonchev–Trinajstić information content (AvgIpc) is 2.67. The number of nitrogens with one attached hydrogen (secondary N) is 1. The topological polar surface area (TPSA) is 90.5 Å². The van der Waals surface area contributed by atoms with Gasteiger partial charge in [-0.05, 0) is 43.0 Å². The Kier molecular flexibility index (Phi) is 5.21. The van der Waals surface area contributed by atoms with Gasteiger partial charge in [0.05, 0.1) is 5.56 Å². The van der Waals surface area contributed by atoms with E-state index in [0.29, 0.717) is 25.1 Å². The lowest BCUT2D eigenvalue weighted by Crippen LogP contribution is -2.39. The van der Waals surface area contributed by atoms with Crippen molar-refractivity contribution < 1.29 is 14.7 Å². The predicted molar refractivity (Wildman–Crippen MR) is 97.7 cm³/mol. The summed E-state index contributed by atoms with van der Waals surface area (Å²) in [5.41, 5.74) is 2.21. The van der Waals surface area contributed by atoms with Crippen LogP contribution in [0, 0.1) is 0 Å². The Labute approximate surface area is 151 Å². The zero-order valence-corrected chi connectivity index (χ0v) is 14.7. The number of hydrogen-bond donors (Lipinski definition) is 2. The third-order valence-corrected chi connectivity index (χ3v) is 4.87. The zero-order valence-electron chi connectivity index (χ0n) is 14.7. The molecule has 1 atom stereocenters. The van der Waals surface area contributed by atoms with Gasteiger partial charge in [0.2, 0.25) is 5.56 Å². The first kappa shape index (κ1) is 17.9. The summed E-state index contributed by atoms with van der Waals surface area (Å²) >= 11 is 0. The van der Waals surface area contributed by atoms with Crippen molar-refractivity contribution in [3.63, 3.8) is 0 Å². The van der Waals surface area contributed by atoms with Crippen LogP contribution >= 0.6 is 0 Å². The molecule has 0 unspecified atom stereocenters. The molecule has 3 rings (SSSR count). The minimum atomic E-state index is -0.946. The number of H-pyrrole nitrogens is 1. The van der Waals surface area contributed by atoms with Gasteiger partial charge in [-0.1, -0.05) is 19.1 Å². The molecule has 6 heteroatoms. The molecule has 1 aromatic carbocycles.